The van der Waals surface area contributed by atoms with Gasteiger partial charge < -0.3 is 10.2 Å². The van der Waals surface area contributed by atoms with Crippen LogP contribution in [0, 0.1) is 12.8 Å². The average Bonchev–Trinajstić information content (AvgIpc) is 2.91. The minimum Gasteiger partial charge on any atom is -0.354 e. The van der Waals surface area contributed by atoms with Gasteiger partial charge in [0.2, 0.25) is 11.8 Å². The molecule has 0 aliphatic carbocycles. The first-order valence-electron chi connectivity index (χ1n) is 12.7. The van der Waals surface area contributed by atoms with Crippen molar-refractivity contribution in [3.05, 3.63) is 92.9 Å². The van der Waals surface area contributed by atoms with E-state index in [4.69, 9.17) is 34.8 Å². The molecular formula is C29H32Cl3N3O4S. The fourth-order valence-electron chi connectivity index (χ4n) is 3.84. The summed E-state index contributed by atoms with van der Waals surface area (Å²) in [5.41, 5.74) is 1.78. The number of carbonyl (C=O) groups excluding carboxylic acids is 2. The van der Waals surface area contributed by atoms with E-state index in [1.807, 2.05) is 20.8 Å². The summed E-state index contributed by atoms with van der Waals surface area (Å²) >= 11 is 18.3. The number of hydrogen-bond acceptors (Lipinski definition) is 4. The van der Waals surface area contributed by atoms with E-state index in [9.17, 15) is 18.0 Å². The molecule has 0 fully saturated rings. The number of benzene rings is 3. The van der Waals surface area contributed by atoms with Gasteiger partial charge in [-0.05, 0) is 73.9 Å². The van der Waals surface area contributed by atoms with E-state index >= 15 is 0 Å². The van der Waals surface area contributed by atoms with E-state index in [1.165, 1.54) is 29.2 Å². The van der Waals surface area contributed by atoms with Gasteiger partial charge in [0, 0.05) is 18.1 Å². The van der Waals surface area contributed by atoms with Gasteiger partial charge in [-0.3, -0.25) is 13.9 Å². The van der Waals surface area contributed by atoms with Crippen LogP contribution in [0.4, 0.5) is 5.69 Å². The van der Waals surface area contributed by atoms with Crippen LogP contribution in [0.3, 0.4) is 0 Å². The van der Waals surface area contributed by atoms with E-state index in [0.29, 0.717) is 27.2 Å². The van der Waals surface area contributed by atoms with Crippen LogP contribution >= 0.6 is 34.8 Å². The first-order chi connectivity index (χ1) is 18.8. The zero-order valence-corrected chi connectivity index (χ0v) is 25.8. The fourth-order valence-corrected chi connectivity index (χ4v) is 5.70. The van der Waals surface area contributed by atoms with Gasteiger partial charge >= 0.3 is 0 Å². The van der Waals surface area contributed by atoms with E-state index in [0.717, 1.165) is 9.87 Å². The molecule has 0 heterocycles. The van der Waals surface area contributed by atoms with Crippen LogP contribution in [-0.4, -0.2) is 44.3 Å². The number of hydrogen-bond donors (Lipinski definition) is 1. The molecule has 11 heteroatoms. The number of nitrogens with zero attached hydrogens (tertiary/aromatic N) is 2. The molecule has 40 heavy (non-hydrogen) atoms. The molecule has 2 amide bonds. The number of sulfonamides is 1. The third-order valence-corrected chi connectivity index (χ3v) is 8.97. The van der Waals surface area contributed by atoms with Crippen molar-refractivity contribution in [3.63, 3.8) is 0 Å². The van der Waals surface area contributed by atoms with Crippen LogP contribution in [0.25, 0.3) is 0 Å². The monoisotopic (exact) mass is 623 g/mol. The second-order valence-corrected chi connectivity index (χ2v) is 13.0. The molecule has 3 aromatic rings. The summed E-state index contributed by atoms with van der Waals surface area (Å²) in [6, 6.07) is 16.5. The number of halogens is 3. The molecule has 0 bridgehead atoms. The standard InChI is InChI=1S/C29H32Cl3N3O4S/c1-19(2)16-33-29(37)21(4)34(17-22-7-14-26(31)27(32)15-22)28(36)18-35(24-10-8-23(30)9-11-24)40(38,39)25-12-5-20(3)6-13-25/h5-15,19,21H,16-18H2,1-4H3,(H,33,37). The Labute approximate surface area is 251 Å². The van der Waals surface area contributed by atoms with E-state index in [2.05, 4.69) is 5.32 Å². The third-order valence-electron chi connectivity index (χ3n) is 6.19. The highest BCUT2D eigenvalue weighted by Crippen LogP contribution is 2.27. The Hall–Kier alpha value is -2.78. The fraction of sp³-hybridized carbons (Fsp3) is 0.310. The second-order valence-electron chi connectivity index (χ2n) is 9.89. The zero-order chi connectivity index (χ0) is 29.6. The topological polar surface area (TPSA) is 86.8 Å². The molecule has 0 spiro atoms. The molecule has 1 N–H and O–H groups in total. The minimum absolute atomic E-state index is 0.00498. The van der Waals surface area contributed by atoms with Crippen molar-refractivity contribution >= 4 is 62.3 Å². The second kappa shape index (κ2) is 13.7. The van der Waals surface area contributed by atoms with Crippen molar-refractivity contribution < 1.29 is 18.0 Å². The predicted octanol–water partition coefficient (Wildman–Crippen LogP) is 6.34. The maximum absolute atomic E-state index is 13.9. The molecule has 1 unspecified atom stereocenters. The van der Waals surface area contributed by atoms with Crippen LogP contribution < -0.4 is 9.62 Å². The summed E-state index contributed by atoms with van der Waals surface area (Å²) in [5, 5.41) is 3.92. The zero-order valence-electron chi connectivity index (χ0n) is 22.7. The molecule has 214 valence electrons. The van der Waals surface area contributed by atoms with Crippen molar-refractivity contribution in [1.29, 1.82) is 0 Å². The smallest absolute Gasteiger partial charge is 0.264 e. The highest BCUT2D eigenvalue weighted by atomic mass is 35.5. The third kappa shape index (κ3) is 8.13. The number of aryl methyl sites for hydroxylation is 1. The molecular weight excluding hydrogens is 593 g/mol. The summed E-state index contributed by atoms with van der Waals surface area (Å²) < 4.78 is 28.7. The molecule has 3 aromatic carbocycles. The van der Waals surface area contributed by atoms with E-state index in [-0.39, 0.29) is 29.0 Å². The minimum atomic E-state index is -4.16. The normalized spacial score (nSPS) is 12.2. The van der Waals surface area contributed by atoms with Gasteiger partial charge in [-0.2, -0.15) is 0 Å². The highest BCUT2D eigenvalue weighted by molar-refractivity contribution is 7.92. The maximum Gasteiger partial charge on any atom is 0.264 e. The largest absolute Gasteiger partial charge is 0.354 e. The van der Waals surface area contributed by atoms with Crippen molar-refractivity contribution in [2.24, 2.45) is 5.92 Å². The lowest BCUT2D eigenvalue weighted by atomic mass is 10.1. The lowest BCUT2D eigenvalue weighted by Crippen LogP contribution is -2.51. The number of carbonyl (C=O) groups is 2. The Morgan fingerprint density at radius 3 is 2.08 bits per heavy atom. The quantitative estimate of drug-likeness (QED) is 0.270. The Morgan fingerprint density at radius 1 is 0.875 bits per heavy atom. The van der Waals surface area contributed by atoms with Gasteiger partial charge in [-0.1, -0.05) is 72.4 Å². The molecule has 0 aliphatic heterocycles. The first-order valence-corrected chi connectivity index (χ1v) is 15.2. The van der Waals surface area contributed by atoms with Crippen LogP contribution in [0.5, 0.6) is 0 Å². The van der Waals surface area contributed by atoms with Gasteiger partial charge in [0.25, 0.3) is 10.0 Å². The first kappa shape index (κ1) is 31.7. The Bertz CT molecular complexity index is 1450. The molecule has 7 nitrogen and oxygen atoms in total. The van der Waals surface area contributed by atoms with Crippen molar-refractivity contribution in [3.8, 4) is 0 Å². The summed E-state index contributed by atoms with van der Waals surface area (Å²) in [5.74, 6) is -0.735. The van der Waals surface area contributed by atoms with Gasteiger partial charge in [-0.25, -0.2) is 8.42 Å². The highest BCUT2D eigenvalue weighted by Gasteiger charge is 2.32. The molecule has 0 aromatic heterocycles. The Kier molecular flexibility index (Phi) is 10.9. The molecule has 0 saturated heterocycles. The van der Waals surface area contributed by atoms with Gasteiger partial charge in [-0.15, -0.1) is 0 Å². The van der Waals surface area contributed by atoms with Crippen LogP contribution in [0.1, 0.15) is 31.9 Å². The SMILES string of the molecule is Cc1ccc(S(=O)(=O)N(CC(=O)N(Cc2ccc(Cl)c(Cl)c2)C(C)C(=O)NCC(C)C)c2ccc(Cl)cc2)cc1. The lowest BCUT2D eigenvalue weighted by molar-refractivity contribution is -0.139. The summed E-state index contributed by atoms with van der Waals surface area (Å²) in [7, 11) is -4.16. The average molecular weight is 625 g/mol. The molecule has 0 saturated carbocycles. The predicted molar refractivity (Wildman–Crippen MR) is 161 cm³/mol. The van der Waals surface area contributed by atoms with Crippen LogP contribution in [-0.2, 0) is 26.2 Å². The molecule has 0 aliphatic rings. The van der Waals surface area contributed by atoms with Crippen molar-refractivity contribution in [2.45, 2.75) is 45.2 Å². The number of amides is 2. The summed E-state index contributed by atoms with van der Waals surface area (Å²) in [6.45, 7) is 7.26. The maximum atomic E-state index is 13.9. The van der Waals surface area contributed by atoms with Gasteiger partial charge in [0.1, 0.15) is 12.6 Å². The van der Waals surface area contributed by atoms with E-state index in [1.54, 1.807) is 49.4 Å². The lowest BCUT2D eigenvalue weighted by Gasteiger charge is -2.32. The van der Waals surface area contributed by atoms with E-state index < -0.39 is 28.5 Å². The molecule has 0 radical (unpaired) electrons. The van der Waals surface area contributed by atoms with Crippen LogP contribution in [0.2, 0.25) is 15.1 Å². The Balaban J connectivity index is 2.02. The molecule has 1 atom stereocenters. The molecule has 3 rings (SSSR count). The number of nitrogens with one attached hydrogen (secondary N) is 1. The van der Waals surface area contributed by atoms with Crippen molar-refractivity contribution in [2.75, 3.05) is 17.4 Å². The number of anilines is 1. The summed E-state index contributed by atoms with van der Waals surface area (Å²) in [6.07, 6.45) is 0. The van der Waals surface area contributed by atoms with Gasteiger partial charge in [0.15, 0.2) is 0 Å². The Morgan fingerprint density at radius 2 is 1.50 bits per heavy atom. The van der Waals surface area contributed by atoms with Crippen molar-refractivity contribution in [1.82, 2.24) is 10.2 Å². The number of rotatable bonds is 11. The van der Waals surface area contributed by atoms with Crippen LogP contribution in [0.15, 0.2) is 71.6 Å². The van der Waals surface area contributed by atoms with Gasteiger partial charge in [0.05, 0.1) is 20.6 Å². The summed E-state index contributed by atoms with van der Waals surface area (Å²) in [4.78, 5) is 28.3.